The molecule has 5 aliphatic rings. The zero-order chi connectivity index (χ0) is 36.8. The fourth-order valence-electron chi connectivity index (χ4n) is 9.50. The van der Waals surface area contributed by atoms with Gasteiger partial charge >= 0.3 is 11.8 Å². The van der Waals surface area contributed by atoms with Gasteiger partial charge in [0.15, 0.2) is 0 Å². The minimum Gasteiger partial charge on any atom is -0.279 e. The molecule has 0 N–H and O–H groups in total. The number of nitrogens with zero attached hydrogens (tertiary/aromatic N) is 3. The second-order valence-corrected chi connectivity index (χ2v) is 16.4. The van der Waals surface area contributed by atoms with Crippen LogP contribution < -0.4 is 9.93 Å². The molecule has 6 atom stereocenters. The van der Waals surface area contributed by atoms with Crippen LogP contribution in [-0.4, -0.2) is 39.6 Å². The van der Waals surface area contributed by atoms with E-state index >= 15 is 4.79 Å². The fraction of sp³-hybridized carbons (Fsp3) is 0.378. The van der Waals surface area contributed by atoms with E-state index in [1.54, 1.807) is 16.2 Å². The molecule has 3 heterocycles. The van der Waals surface area contributed by atoms with Crippen molar-refractivity contribution in [3.05, 3.63) is 119 Å². The van der Waals surface area contributed by atoms with Crippen molar-refractivity contribution in [3.8, 4) is 10.6 Å². The number of imide groups is 2. The lowest BCUT2D eigenvalue weighted by atomic mass is 9.70. The monoisotopic (exact) mass is 724 g/mol. The van der Waals surface area contributed by atoms with Gasteiger partial charge in [0.1, 0.15) is 11.8 Å². The highest BCUT2D eigenvalue weighted by Gasteiger charge is 2.59. The lowest BCUT2D eigenvalue weighted by Gasteiger charge is -2.31. The number of aryl methyl sites for hydroxylation is 1. The molecule has 4 amide bonds. The Morgan fingerprint density at radius 2 is 1.45 bits per heavy atom. The second kappa shape index (κ2) is 14.5. The van der Waals surface area contributed by atoms with Crippen LogP contribution in [0.4, 0.5) is 0 Å². The van der Waals surface area contributed by atoms with Crippen molar-refractivity contribution in [1.29, 1.82) is 0 Å². The summed E-state index contributed by atoms with van der Waals surface area (Å²) in [6.07, 6.45) is 5.78. The van der Waals surface area contributed by atoms with Crippen LogP contribution in [-0.2, 0) is 19.2 Å². The molecular weight excluding hydrogens is 679 g/mol. The van der Waals surface area contributed by atoms with E-state index in [1.807, 2.05) is 97.9 Å². The zero-order valence-electron chi connectivity index (χ0n) is 30.6. The molecule has 0 aromatic heterocycles. The Labute approximate surface area is 314 Å². The summed E-state index contributed by atoms with van der Waals surface area (Å²) < 4.78 is 2.44. The molecule has 3 fully saturated rings. The van der Waals surface area contributed by atoms with Crippen molar-refractivity contribution in [2.75, 3.05) is 0 Å². The summed E-state index contributed by atoms with van der Waals surface area (Å²) in [5.41, 5.74) is 4.79. The first-order valence-corrected chi connectivity index (χ1v) is 20.1. The van der Waals surface area contributed by atoms with Crippen LogP contribution in [0.2, 0.25) is 0 Å². The van der Waals surface area contributed by atoms with Gasteiger partial charge in [-0.3, -0.25) is 14.5 Å². The first kappa shape index (κ1) is 35.2. The highest BCUT2D eigenvalue weighted by molar-refractivity contribution is 7.21. The third-order valence-corrected chi connectivity index (χ3v) is 13.2. The van der Waals surface area contributed by atoms with Gasteiger partial charge in [0.05, 0.1) is 26.7 Å². The molecule has 8 rings (SSSR count). The Bertz CT molecular complexity index is 2240. The fourth-order valence-corrected chi connectivity index (χ4v) is 10.6. The van der Waals surface area contributed by atoms with E-state index in [2.05, 4.69) is 19.9 Å². The van der Waals surface area contributed by atoms with E-state index in [4.69, 9.17) is 4.98 Å². The van der Waals surface area contributed by atoms with Crippen molar-refractivity contribution in [1.82, 2.24) is 14.5 Å². The van der Waals surface area contributed by atoms with Gasteiger partial charge in [0.25, 0.3) is 0 Å². The largest absolute Gasteiger partial charge is 0.400 e. The van der Waals surface area contributed by atoms with Crippen molar-refractivity contribution < 1.29 is 19.2 Å². The molecule has 6 unspecified atom stereocenters. The molecule has 3 aromatic carbocycles. The number of carbonyl (C=O) groups is 4. The molecule has 7 nitrogen and oxygen atoms in total. The molecular formula is C45H46N3O4S+. The van der Waals surface area contributed by atoms with Crippen LogP contribution in [0.3, 0.4) is 0 Å². The number of carbonyl (C=O) groups excluding carboxylic acids is 4. The van der Waals surface area contributed by atoms with Gasteiger partial charge in [-0.15, -0.1) is 11.3 Å². The number of hydrogen-bond acceptors (Lipinski definition) is 6. The molecule has 2 aliphatic carbocycles. The Morgan fingerprint density at radius 3 is 2.13 bits per heavy atom. The van der Waals surface area contributed by atoms with Crippen LogP contribution in [0.1, 0.15) is 87.3 Å². The summed E-state index contributed by atoms with van der Waals surface area (Å²) in [5.74, 6) is -3.84. The maximum Gasteiger partial charge on any atom is 0.400 e. The molecule has 2 saturated heterocycles. The lowest BCUT2D eigenvalue weighted by molar-refractivity contribution is -0.143. The van der Waals surface area contributed by atoms with Gasteiger partial charge in [0.2, 0.25) is 17.2 Å². The van der Waals surface area contributed by atoms with Crippen LogP contribution in [0, 0.1) is 30.6 Å². The van der Waals surface area contributed by atoms with E-state index < -0.39 is 29.6 Å². The first-order chi connectivity index (χ1) is 25.7. The van der Waals surface area contributed by atoms with Gasteiger partial charge < -0.3 is 0 Å². The van der Waals surface area contributed by atoms with E-state index in [-0.39, 0.29) is 42.0 Å². The van der Waals surface area contributed by atoms with Crippen LogP contribution in [0.5, 0.6) is 0 Å². The van der Waals surface area contributed by atoms with E-state index in [9.17, 15) is 14.4 Å². The predicted octanol–water partition coefficient (Wildman–Crippen LogP) is 8.10. The Hall–Kier alpha value is -4.82. The smallest absolute Gasteiger partial charge is 0.279 e. The van der Waals surface area contributed by atoms with Crippen LogP contribution >= 0.6 is 11.3 Å². The minimum absolute atomic E-state index is 0.0717. The topological polar surface area (TPSA) is 87.4 Å². The van der Waals surface area contributed by atoms with Crippen molar-refractivity contribution in [2.45, 2.75) is 83.6 Å². The van der Waals surface area contributed by atoms with E-state index in [1.165, 1.54) is 4.58 Å². The summed E-state index contributed by atoms with van der Waals surface area (Å²) in [5, 5.41) is 0.535. The Morgan fingerprint density at radius 1 is 0.774 bits per heavy atom. The van der Waals surface area contributed by atoms with Crippen molar-refractivity contribution >= 4 is 45.2 Å². The molecule has 53 heavy (non-hydrogen) atoms. The van der Waals surface area contributed by atoms with Crippen LogP contribution in [0.25, 0.3) is 20.8 Å². The SMILES string of the molecule is CCC(c1ccccc1)C1C(=O)[N+](=c2ccc3nc4ccc(C)cc4sc-3c2)C(=O)C1CC(c1ccccc1)C1C(=O)N(C2CCCCC2)C(=O)C1C. The summed E-state index contributed by atoms with van der Waals surface area (Å²) in [6.45, 7) is 6.00. The summed E-state index contributed by atoms with van der Waals surface area (Å²) >= 11 is 1.60. The van der Waals surface area contributed by atoms with Gasteiger partial charge in [-0.1, -0.05) is 104 Å². The molecule has 3 aliphatic heterocycles. The molecule has 0 spiro atoms. The third kappa shape index (κ3) is 6.35. The minimum atomic E-state index is -0.701. The highest BCUT2D eigenvalue weighted by Crippen LogP contribution is 2.48. The van der Waals surface area contributed by atoms with Gasteiger partial charge in [-0.25, -0.2) is 14.6 Å². The average molecular weight is 725 g/mol. The number of hydrogen-bond donors (Lipinski definition) is 0. The second-order valence-electron chi connectivity index (χ2n) is 15.3. The Balaban J connectivity index is 1.26. The number of amides is 4. The molecule has 0 radical (unpaired) electrons. The van der Waals surface area contributed by atoms with E-state index in [0.717, 1.165) is 69.6 Å². The maximum absolute atomic E-state index is 15.0. The summed E-state index contributed by atoms with van der Waals surface area (Å²) in [4.78, 5) is 65.7. The van der Waals surface area contributed by atoms with Crippen molar-refractivity contribution in [3.63, 3.8) is 0 Å². The maximum atomic E-state index is 15.0. The zero-order valence-corrected chi connectivity index (χ0v) is 31.4. The molecule has 0 bridgehead atoms. The number of aromatic nitrogens is 1. The van der Waals surface area contributed by atoms with Gasteiger partial charge in [-0.05, 0) is 73.4 Å². The number of likely N-dealkylation sites (tertiary alicyclic amines) is 1. The average Bonchev–Trinajstić information content (AvgIpc) is 3.55. The van der Waals surface area contributed by atoms with E-state index in [0.29, 0.717) is 11.8 Å². The third-order valence-electron chi connectivity index (χ3n) is 12.2. The molecule has 8 heteroatoms. The molecule has 270 valence electrons. The first-order valence-electron chi connectivity index (χ1n) is 19.2. The van der Waals surface area contributed by atoms with Gasteiger partial charge in [0, 0.05) is 30.0 Å². The number of rotatable bonds is 8. The number of fused-ring (bicyclic) bond motifs is 2. The van der Waals surface area contributed by atoms with Crippen molar-refractivity contribution in [2.24, 2.45) is 23.7 Å². The number of benzene rings is 4. The van der Waals surface area contributed by atoms with Gasteiger partial charge in [-0.2, -0.15) is 0 Å². The van der Waals surface area contributed by atoms with Crippen LogP contribution in [0.15, 0.2) is 97.1 Å². The quantitative estimate of drug-likeness (QED) is 0.0918. The molecule has 1 saturated carbocycles. The lowest BCUT2D eigenvalue weighted by Crippen LogP contribution is -2.42. The summed E-state index contributed by atoms with van der Waals surface area (Å²) in [6, 6.07) is 31.6. The standard InChI is InChI=1S/C45H46N3O4S/c1-4-33(29-14-8-5-9-15-29)41-35(43(50)48(45(41)52)32-21-23-37-39(25-32)53-38-24-27(2)20-22-36(38)46-37)26-34(30-16-10-6-11-17-30)40-28(3)42(49)47(44(40)51)31-18-12-7-13-19-31/h5-6,8-11,14-17,20-25,28,31,33-35,40-41H,4,7,12-13,18-19,26H2,1-3H3/q+1. The normalized spacial score (nSPS) is 24.8. The Kier molecular flexibility index (Phi) is 9.66. The predicted molar refractivity (Wildman–Crippen MR) is 208 cm³/mol. The highest BCUT2D eigenvalue weighted by atomic mass is 32.1. The summed E-state index contributed by atoms with van der Waals surface area (Å²) in [7, 11) is 0. The molecule has 3 aromatic rings.